The van der Waals surface area contributed by atoms with Gasteiger partial charge in [0.05, 0.1) is 19.1 Å². The van der Waals surface area contributed by atoms with Gasteiger partial charge in [0.25, 0.3) is 0 Å². The van der Waals surface area contributed by atoms with Gasteiger partial charge in [0.2, 0.25) is 11.8 Å². The lowest BCUT2D eigenvalue weighted by atomic mass is 9.81. The van der Waals surface area contributed by atoms with Gasteiger partial charge in [-0.2, -0.15) is 0 Å². The summed E-state index contributed by atoms with van der Waals surface area (Å²) in [4.78, 5) is 48.7. The third kappa shape index (κ3) is 5.42. The van der Waals surface area contributed by atoms with E-state index in [2.05, 4.69) is 4.90 Å². The van der Waals surface area contributed by atoms with Gasteiger partial charge in [0.1, 0.15) is 12.1 Å². The molecule has 0 bridgehead atoms. The van der Waals surface area contributed by atoms with Crippen molar-refractivity contribution in [1.82, 2.24) is 15.4 Å². The van der Waals surface area contributed by atoms with Crippen LogP contribution >= 0.6 is 0 Å². The molecule has 11 heteroatoms. The van der Waals surface area contributed by atoms with Crippen LogP contribution in [0.3, 0.4) is 0 Å². The molecule has 3 saturated heterocycles. The number of nitrogens with one attached hydrogen (secondary N) is 1. The maximum absolute atomic E-state index is 13.8. The normalized spacial score (nSPS) is 26.4. The van der Waals surface area contributed by atoms with Crippen LogP contribution in [0.15, 0.2) is 30.3 Å². The summed E-state index contributed by atoms with van der Waals surface area (Å²) in [5, 5.41) is 10.8. The quantitative estimate of drug-likeness (QED) is 0.351. The Morgan fingerprint density at radius 3 is 2.36 bits per heavy atom. The van der Waals surface area contributed by atoms with Crippen molar-refractivity contribution in [2.75, 3.05) is 50.8 Å². The van der Waals surface area contributed by atoms with E-state index in [-0.39, 0.29) is 17.4 Å². The standard InChI is InChI=1S/C25H34N4O7/c30-22(26-33)20-16-25(8-9-25)17-29(36-24(32)35-19-6-14-34-15-7-19)21(20)23(31)28-12-10-27(11-13-28)18-4-2-1-3-5-18/h1-5,19-21,33H,6-17H2,(H,26,30)/t20-,21-/m0/s1. The van der Waals surface area contributed by atoms with Crippen molar-refractivity contribution in [3.63, 3.8) is 0 Å². The van der Waals surface area contributed by atoms with Gasteiger partial charge >= 0.3 is 6.16 Å². The zero-order valence-electron chi connectivity index (χ0n) is 20.3. The highest BCUT2D eigenvalue weighted by molar-refractivity contribution is 5.90. The molecule has 11 nitrogen and oxygen atoms in total. The van der Waals surface area contributed by atoms with Crippen molar-refractivity contribution < 1.29 is 33.9 Å². The Morgan fingerprint density at radius 1 is 1.03 bits per heavy atom. The molecule has 1 aromatic rings. The Kier molecular flexibility index (Phi) is 7.31. The number of piperidine rings is 1. The Hall–Kier alpha value is -2.89. The highest BCUT2D eigenvalue weighted by atomic mass is 16.8. The fraction of sp³-hybridized carbons (Fsp3) is 0.640. The van der Waals surface area contributed by atoms with Gasteiger partial charge in [0.15, 0.2) is 0 Å². The highest BCUT2D eigenvalue weighted by Gasteiger charge is 2.57. The third-order valence-corrected chi connectivity index (χ3v) is 7.83. The molecule has 2 N–H and O–H groups in total. The van der Waals surface area contributed by atoms with Crippen molar-refractivity contribution >= 4 is 23.7 Å². The van der Waals surface area contributed by atoms with Crippen molar-refractivity contribution in [3.05, 3.63) is 30.3 Å². The molecule has 1 aromatic carbocycles. The van der Waals surface area contributed by atoms with E-state index in [0.717, 1.165) is 18.5 Å². The second-order valence-corrected chi connectivity index (χ2v) is 10.2. The molecule has 1 aliphatic carbocycles. The number of para-hydroxylation sites is 1. The lowest BCUT2D eigenvalue weighted by Crippen LogP contribution is -2.62. The molecule has 2 atom stereocenters. The smallest absolute Gasteiger partial charge is 0.430 e. The molecule has 36 heavy (non-hydrogen) atoms. The second-order valence-electron chi connectivity index (χ2n) is 10.2. The number of hydrogen-bond donors (Lipinski definition) is 2. The molecule has 3 heterocycles. The number of hydroxylamine groups is 3. The summed E-state index contributed by atoms with van der Waals surface area (Å²) >= 11 is 0. The van der Waals surface area contributed by atoms with Gasteiger partial charge in [-0.1, -0.05) is 18.2 Å². The Balaban J connectivity index is 1.30. The first-order chi connectivity index (χ1) is 17.5. The molecular weight excluding hydrogens is 468 g/mol. The molecule has 0 unspecified atom stereocenters. The summed E-state index contributed by atoms with van der Waals surface area (Å²) in [6, 6.07) is 8.97. The first-order valence-electron chi connectivity index (χ1n) is 12.7. The summed E-state index contributed by atoms with van der Waals surface area (Å²) in [5.74, 6) is -1.78. The van der Waals surface area contributed by atoms with Gasteiger partial charge in [-0.3, -0.25) is 14.8 Å². The van der Waals surface area contributed by atoms with Crippen LogP contribution < -0.4 is 10.4 Å². The molecule has 3 aliphatic heterocycles. The van der Waals surface area contributed by atoms with Crippen LogP contribution in [0.1, 0.15) is 32.1 Å². The molecule has 0 radical (unpaired) electrons. The van der Waals surface area contributed by atoms with E-state index in [1.54, 1.807) is 10.4 Å². The molecule has 5 rings (SSSR count). The minimum Gasteiger partial charge on any atom is -0.430 e. The van der Waals surface area contributed by atoms with E-state index in [1.165, 1.54) is 5.06 Å². The predicted octanol–water partition coefficient (Wildman–Crippen LogP) is 1.56. The average Bonchev–Trinajstić information content (AvgIpc) is 3.66. The molecule has 1 spiro atoms. The van der Waals surface area contributed by atoms with Gasteiger partial charge < -0.3 is 24.1 Å². The number of rotatable bonds is 5. The van der Waals surface area contributed by atoms with Gasteiger partial charge in [0, 0.05) is 51.3 Å². The Bertz CT molecular complexity index is 943. The van der Waals surface area contributed by atoms with Crippen LogP contribution in [0.5, 0.6) is 0 Å². The van der Waals surface area contributed by atoms with Crippen LogP contribution in [0.4, 0.5) is 10.5 Å². The number of ether oxygens (including phenoxy) is 2. The topological polar surface area (TPSA) is 121 Å². The first kappa shape index (κ1) is 24.8. The summed E-state index contributed by atoms with van der Waals surface area (Å²) in [6.45, 7) is 3.63. The number of nitrogens with zero attached hydrogens (tertiary/aromatic N) is 3. The number of benzene rings is 1. The van der Waals surface area contributed by atoms with Crippen LogP contribution in [-0.4, -0.2) is 91.2 Å². The van der Waals surface area contributed by atoms with E-state index in [4.69, 9.17) is 14.3 Å². The monoisotopic (exact) mass is 502 g/mol. The maximum Gasteiger partial charge on any atom is 0.528 e. The number of amides is 2. The van der Waals surface area contributed by atoms with E-state index in [1.807, 2.05) is 30.3 Å². The number of carbonyl (C=O) groups excluding carboxylic acids is 3. The maximum atomic E-state index is 13.8. The van der Waals surface area contributed by atoms with Crippen LogP contribution in [0.25, 0.3) is 0 Å². The van der Waals surface area contributed by atoms with E-state index < -0.39 is 24.0 Å². The van der Waals surface area contributed by atoms with Gasteiger partial charge in [-0.05, 0) is 36.8 Å². The zero-order chi connectivity index (χ0) is 25.1. The van der Waals surface area contributed by atoms with Crippen LogP contribution in [0.2, 0.25) is 0 Å². The van der Waals surface area contributed by atoms with Crippen molar-refractivity contribution in [1.29, 1.82) is 0 Å². The number of carbonyl (C=O) groups is 3. The van der Waals surface area contributed by atoms with Crippen molar-refractivity contribution in [3.8, 4) is 0 Å². The second kappa shape index (κ2) is 10.6. The van der Waals surface area contributed by atoms with Crippen molar-refractivity contribution in [2.24, 2.45) is 11.3 Å². The number of hydrogen-bond acceptors (Lipinski definition) is 9. The summed E-state index contributed by atoms with van der Waals surface area (Å²) in [5.41, 5.74) is 2.61. The van der Waals surface area contributed by atoms with Gasteiger partial charge in [-0.15, -0.1) is 5.06 Å². The third-order valence-electron chi connectivity index (χ3n) is 7.83. The summed E-state index contributed by atoms with van der Waals surface area (Å²) in [7, 11) is 0. The predicted molar refractivity (Wildman–Crippen MR) is 127 cm³/mol. The number of anilines is 1. The van der Waals surface area contributed by atoms with E-state index >= 15 is 0 Å². The Morgan fingerprint density at radius 2 is 1.72 bits per heavy atom. The lowest BCUT2D eigenvalue weighted by molar-refractivity contribution is -0.208. The van der Waals surface area contributed by atoms with E-state index in [9.17, 15) is 19.6 Å². The largest absolute Gasteiger partial charge is 0.528 e. The first-order valence-corrected chi connectivity index (χ1v) is 12.7. The summed E-state index contributed by atoms with van der Waals surface area (Å²) in [6.07, 6.45) is 2.18. The zero-order valence-corrected chi connectivity index (χ0v) is 20.3. The minimum absolute atomic E-state index is 0.209. The highest BCUT2D eigenvalue weighted by Crippen LogP contribution is 2.55. The number of piperazine rings is 1. The van der Waals surface area contributed by atoms with Gasteiger partial charge in [-0.25, -0.2) is 10.3 Å². The molecule has 0 aromatic heterocycles. The van der Waals surface area contributed by atoms with Crippen LogP contribution in [-0.2, 0) is 23.9 Å². The lowest BCUT2D eigenvalue weighted by Gasteiger charge is -2.44. The summed E-state index contributed by atoms with van der Waals surface area (Å²) < 4.78 is 10.8. The Labute approximate surface area is 210 Å². The average molecular weight is 503 g/mol. The molecule has 1 saturated carbocycles. The van der Waals surface area contributed by atoms with Crippen molar-refractivity contribution in [2.45, 2.75) is 44.2 Å². The molecule has 4 fully saturated rings. The fourth-order valence-corrected chi connectivity index (χ4v) is 5.57. The molecular formula is C25H34N4O7. The minimum atomic E-state index is -1.03. The van der Waals surface area contributed by atoms with Crippen LogP contribution in [0, 0.1) is 11.3 Å². The molecule has 4 aliphatic rings. The van der Waals surface area contributed by atoms with E-state index in [0.29, 0.717) is 65.2 Å². The fourth-order valence-electron chi connectivity index (χ4n) is 5.57. The molecule has 2 amide bonds. The SMILES string of the molecule is O=C(OC1CCOCC1)ON1CC2(CC2)C[C@H](C(=O)NO)[C@H]1C(=O)N1CCN(c2ccccc2)CC1. The molecule has 196 valence electrons.